The maximum Gasteiger partial charge on any atom is 0.350 e. The van der Waals surface area contributed by atoms with Gasteiger partial charge in [-0.15, -0.1) is 11.3 Å². The molecule has 110 valence electrons. The summed E-state index contributed by atoms with van der Waals surface area (Å²) in [4.78, 5) is 24.4. The molecule has 1 aliphatic carbocycles. The molecule has 2 rings (SSSR count). The summed E-state index contributed by atoms with van der Waals surface area (Å²) in [5, 5.41) is 12.1. The summed E-state index contributed by atoms with van der Waals surface area (Å²) in [6.45, 7) is 3.33. The van der Waals surface area contributed by atoms with Gasteiger partial charge >= 0.3 is 5.97 Å². The molecule has 1 N–H and O–H groups in total. The zero-order valence-corrected chi connectivity index (χ0v) is 13.2. The van der Waals surface area contributed by atoms with Crippen LogP contribution >= 0.6 is 22.9 Å². The van der Waals surface area contributed by atoms with Gasteiger partial charge in [-0.3, -0.25) is 4.79 Å². The van der Waals surface area contributed by atoms with Crippen LogP contribution in [-0.2, 0) is 16.0 Å². The lowest BCUT2D eigenvalue weighted by Gasteiger charge is -2.13. The van der Waals surface area contributed by atoms with Gasteiger partial charge in [0.15, 0.2) is 0 Å². The Bertz CT molecular complexity index is 685. The Balaban J connectivity index is 2.58. The number of fused-ring (bicyclic) bond motifs is 1. The molecule has 21 heavy (non-hydrogen) atoms. The third kappa shape index (κ3) is 2.94. The Morgan fingerprint density at radius 3 is 2.76 bits per heavy atom. The van der Waals surface area contributed by atoms with Gasteiger partial charge in [-0.05, 0) is 25.3 Å². The minimum atomic E-state index is -0.497. The highest BCUT2D eigenvalue weighted by Gasteiger charge is 2.29. The number of rotatable bonds is 3. The van der Waals surface area contributed by atoms with Gasteiger partial charge < -0.3 is 10.1 Å². The average Bonchev–Trinajstić information content (AvgIpc) is 2.79. The van der Waals surface area contributed by atoms with Crippen molar-refractivity contribution in [1.82, 2.24) is 0 Å². The van der Waals surface area contributed by atoms with Crippen LogP contribution < -0.4 is 5.32 Å². The summed E-state index contributed by atoms with van der Waals surface area (Å²) >= 11 is 7.37. The lowest BCUT2D eigenvalue weighted by atomic mass is 9.97. The summed E-state index contributed by atoms with van der Waals surface area (Å²) in [6, 6.07) is 2.07. The summed E-state index contributed by atoms with van der Waals surface area (Å²) in [5.74, 6) is -0.768. The molecule has 0 bridgehead atoms. The second-order valence-corrected chi connectivity index (χ2v) is 5.82. The maximum absolute atomic E-state index is 12.0. The number of hydrogen-bond donors (Lipinski definition) is 1. The first kappa shape index (κ1) is 15.5. The summed E-state index contributed by atoms with van der Waals surface area (Å²) in [7, 11) is 0. The lowest BCUT2D eigenvalue weighted by Crippen LogP contribution is -2.12. The molecule has 0 saturated heterocycles. The molecule has 0 fully saturated rings. The number of allylic oxidation sites excluding steroid dienone is 1. The molecule has 0 radical (unpaired) electrons. The van der Waals surface area contributed by atoms with E-state index in [4.69, 9.17) is 21.6 Å². The summed E-state index contributed by atoms with van der Waals surface area (Å²) in [6.07, 6.45) is 1.05. The number of nitrogens with zero attached hydrogens (tertiary/aromatic N) is 1. The van der Waals surface area contributed by atoms with E-state index >= 15 is 0 Å². The van der Waals surface area contributed by atoms with Crippen LogP contribution in [0, 0.1) is 11.3 Å². The number of anilines is 1. The van der Waals surface area contributed by atoms with Crippen molar-refractivity contribution in [2.24, 2.45) is 0 Å². The number of ether oxygens (including phenoxy) is 1. The summed E-state index contributed by atoms with van der Waals surface area (Å²) in [5.41, 5.74) is 1.74. The van der Waals surface area contributed by atoms with E-state index in [0.717, 1.165) is 16.9 Å². The molecule has 1 heterocycles. The molecule has 0 saturated carbocycles. The highest BCUT2D eigenvalue weighted by atomic mass is 35.5. The fourth-order valence-corrected chi connectivity index (χ4v) is 3.66. The van der Waals surface area contributed by atoms with Gasteiger partial charge in [-0.25, -0.2) is 4.79 Å². The predicted octanol–water partition coefficient (Wildman–Crippen LogP) is 3.30. The molecule has 1 aromatic rings. The third-order valence-electron chi connectivity index (χ3n) is 2.99. The molecule has 1 aromatic heterocycles. The fraction of sp³-hybridized carbons (Fsp3) is 0.357. The molecule has 7 heteroatoms. The molecule has 0 aliphatic heterocycles. The Kier molecular flexibility index (Phi) is 4.66. The van der Waals surface area contributed by atoms with Crippen molar-refractivity contribution in [1.29, 1.82) is 5.26 Å². The highest BCUT2D eigenvalue weighted by Crippen LogP contribution is 2.45. The quantitative estimate of drug-likeness (QED) is 0.865. The molecular formula is C14H13ClN2O3S. The van der Waals surface area contributed by atoms with Gasteiger partial charge in [-0.2, -0.15) is 5.26 Å². The van der Waals surface area contributed by atoms with Crippen molar-refractivity contribution >= 4 is 45.5 Å². The van der Waals surface area contributed by atoms with Gasteiger partial charge in [0.25, 0.3) is 0 Å². The molecule has 5 nitrogen and oxygen atoms in total. The number of hydrogen-bond acceptors (Lipinski definition) is 5. The van der Waals surface area contributed by atoms with Crippen LogP contribution in [0.4, 0.5) is 5.69 Å². The average molecular weight is 325 g/mol. The second-order valence-electron chi connectivity index (χ2n) is 4.42. The van der Waals surface area contributed by atoms with Crippen LogP contribution in [0.15, 0.2) is 5.57 Å². The molecule has 0 aromatic carbocycles. The number of nitriles is 1. The molecule has 1 aliphatic rings. The van der Waals surface area contributed by atoms with Gasteiger partial charge in [0.2, 0.25) is 5.91 Å². The number of carbonyl (C=O) groups excluding carboxylic acids is 2. The summed E-state index contributed by atoms with van der Waals surface area (Å²) < 4.78 is 5.01. The number of thiophene rings is 1. The minimum Gasteiger partial charge on any atom is -0.462 e. The number of carbonyl (C=O) groups is 2. The first-order valence-electron chi connectivity index (χ1n) is 6.39. The van der Waals surface area contributed by atoms with Crippen molar-refractivity contribution in [3.05, 3.63) is 20.9 Å². The third-order valence-corrected chi connectivity index (χ3v) is 4.75. The monoisotopic (exact) mass is 324 g/mol. The maximum atomic E-state index is 12.0. The van der Waals surface area contributed by atoms with E-state index in [1.807, 2.05) is 0 Å². The van der Waals surface area contributed by atoms with E-state index in [9.17, 15) is 9.59 Å². The van der Waals surface area contributed by atoms with E-state index < -0.39 is 5.97 Å². The van der Waals surface area contributed by atoms with Gasteiger partial charge in [0, 0.05) is 12.5 Å². The number of nitrogens with one attached hydrogen (secondary N) is 1. The SMILES string of the molecule is CCOC(=O)c1sc2c(c1NC(C)=O)CCC(C#N)=C2Cl. The van der Waals surface area contributed by atoms with Crippen LogP contribution in [0.25, 0.3) is 5.03 Å². The van der Waals surface area contributed by atoms with Crippen molar-refractivity contribution in [3.63, 3.8) is 0 Å². The highest BCUT2D eigenvalue weighted by molar-refractivity contribution is 7.16. The van der Waals surface area contributed by atoms with E-state index in [1.165, 1.54) is 6.92 Å². The van der Waals surface area contributed by atoms with Crippen LogP contribution in [0.1, 0.15) is 40.4 Å². The smallest absolute Gasteiger partial charge is 0.350 e. The van der Waals surface area contributed by atoms with E-state index in [2.05, 4.69) is 11.4 Å². The normalized spacial score (nSPS) is 13.4. The second kappa shape index (κ2) is 6.29. The Labute approximate surface area is 131 Å². The van der Waals surface area contributed by atoms with Crippen LogP contribution in [0.3, 0.4) is 0 Å². The van der Waals surface area contributed by atoms with Gasteiger partial charge in [0.1, 0.15) is 4.88 Å². The van der Waals surface area contributed by atoms with Gasteiger partial charge in [-0.1, -0.05) is 11.6 Å². The topological polar surface area (TPSA) is 79.2 Å². The van der Waals surface area contributed by atoms with E-state index in [1.54, 1.807) is 6.92 Å². The Morgan fingerprint density at radius 1 is 1.48 bits per heavy atom. The van der Waals surface area contributed by atoms with Crippen molar-refractivity contribution in [2.75, 3.05) is 11.9 Å². The van der Waals surface area contributed by atoms with E-state index in [0.29, 0.717) is 38.9 Å². The standard InChI is InChI=1S/C14H13ClN2O3S/c1-3-20-14(19)13-11(17-7(2)18)9-5-4-8(6-16)10(15)12(9)21-13/h3-5H2,1-2H3,(H,17,18). The molecular weight excluding hydrogens is 312 g/mol. The zero-order valence-electron chi connectivity index (χ0n) is 11.6. The zero-order chi connectivity index (χ0) is 15.6. The van der Waals surface area contributed by atoms with Crippen LogP contribution in [-0.4, -0.2) is 18.5 Å². The molecule has 1 amide bonds. The first-order chi connectivity index (χ1) is 9.99. The van der Waals surface area contributed by atoms with Crippen molar-refractivity contribution < 1.29 is 14.3 Å². The number of amides is 1. The predicted molar refractivity (Wildman–Crippen MR) is 81.3 cm³/mol. The fourth-order valence-electron chi connectivity index (χ4n) is 2.13. The first-order valence-corrected chi connectivity index (χ1v) is 7.58. The molecule has 0 atom stereocenters. The molecule has 0 unspecified atom stereocenters. The number of halogens is 1. The van der Waals surface area contributed by atoms with Crippen molar-refractivity contribution in [2.45, 2.75) is 26.7 Å². The Morgan fingerprint density at radius 2 is 2.19 bits per heavy atom. The Hall–Kier alpha value is -1.84. The largest absolute Gasteiger partial charge is 0.462 e. The minimum absolute atomic E-state index is 0.244. The molecule has 0 spiro atoms. The van der Waals surface area contributed by atoms with Crippen LogP contribution in [0.5, 0.6) is 0 Å². The lowest BCUT2D eigenvalue weighted by molar-refractivity contribution is -0.114. The van der Waals surface area contributed by atoms with Gasteiger partial charge in [0.05, 0.1) is 28.3 Å². The van der Waals surface area contributed by atoms with E-state index in [-0.39, 0.29) is 12.5 Å². The van der Waals surface area contributed by atoms with Crippen molar-refractivity contribution in [3.8, 4) is 6.07 Å². The van der Waals surface area contributed by atoms with Crippen LogP contribution in [0.2, 0.25) is 0 Å². The number of esters is 1.